The summed E-state index contributed by atoms with van der Waals surface area (Å²) in [7, 11) is 4.36. The van der Waals surface area contributed by atoms with Crippen LogP contribution in [0.5, 0.6) is 0 Å². The van der Waals surface area contributed by atoms with Crippen molar-refractivity contribution in [3.63, 3.8) is 0 Å². The van der Waals surface area contributed by atoms with E-state index in [0.717, 1.165) is 4.57 Å². The summed E-state index contributed by atoms with van der Waals surface area (Å²) in [5, 5.41) is 2.77. The van der Waals surface area contributed by atoms with E-state index in [1.807, 2.05) is 0 Å². The van der Waals surface area contributed by atoms with Gasteiger partial charge in [0.1, 0.15) is 0 Å². The van der Waals surface area contributed by atoms with Crippen LogP contribution in [0.1, 0.15) is 26.3 Å². The molecule has 0 radical (unpaired) electrons. The molecule has 0 aliphatic heterocycles. The smallest absolute Gasteiger partial charge is 0.337 e. The van der Waals surface area contributed by atoms with Crippen LogP contribution < -0.4 is 16.6 Å². The van der Waals surface area contributed by atoms with E-state index >= 15 is 0 Å². The van der Waals surface area contributed by atoms with Gasteiger partial charge >= 0.3 is 11.7 Å². The van der Waals surface area contributed by atoms with Crippen LogP contribution in [0.25, 0.3) is 10.9 Å². The molecule has 0 spiro atoms. The van der Waals surface area contributed by atoms with Crippen molar-refractivity contribution >= 4 is 22.8 Å². The summed E-state index contributed by atoms with van der Waals surface area (Å²) >= 11 is 0. The first-order chi connectivity index (χ1) is 13.4. The van der Waals surface area contributed by atoms with E-state index in [4.69, 9.17) is 4.74 Å². The summed E-state index contributed by atoms with van der Waals surface area (Å²) in [6.07, 6.45) is 0. The van der Waals surface area contributed by atoms with Gasteiger partial charge < -0.3 is 10.1 Å². The summed E-state index contributed by atoms with van der Waals surface area (Å²) in [4.78, 5) is 49.0. The van der Waals surface area contributed by atoms with Gasteiger partial charge in [0.2, 0.25) is 0 Å². The largest absolute Gasteiger partial charge is 0.465 e. The maximum Gasteiger partial charge on any atom is 0.337 e. The second-order valence-corrected chi connectivity index (χ2v) is 6.23. The van der Waals surface area contributed by atoms with E-state index in [2.05, 4.69) is 5.32 Å². The molecule has 1 N–H and O–H groups in total. The Bertz CT molecular complexity index is 1190. The maximum atomic E-state index is 12.9. The fourth-order valence-electron chi connectivity index (χ4n) is 2.99. The van der Waals surface area contributed by atoms with Crippen LogP contribution in [-0.2, 0) is 18.3 Å². The number of benzene rings is 2. The standard InChI is InChI=1S/C20H19N3O5/c1-21-17(24)13-6-4-12(5-7-13)11-23-18(25)15-10-14(19(26)28-3)8-9-16(15)22(2)20(23)27/h4-10H,11H2,1-3H3,(H,21,24). The lowest BCUT2D eigenvalue weighted by atomic mass is 10.1. The average Bonchev–Trinajstić information content (AvgIpc) is 2.74. The minimum atomic E-state index is -0.563. The molecular weight excluding hydrogens is 362 g/mol. The lowest BCUT2D eigenvalue weighted by molar-refractivity contribution is 0.0600. The van der Waals surface area contributed by atoms with Crippen molar-refractivity contribution in [1.29, 1.82) is 0 Å². The van der Waals surface area contributed by atoms with E-state index in [0.29, 0.717) is 16.6 Å². The van der Waals surface area contributed by atoms with Gasteiger partial charge in [0.15, 0.2) is 0 Å². The third kappa shape index (κ3) is 3.32. The Morgan fingerprint density at radius 1 is 1.04 bits per heavy atom. The molecule has 1 amide bonds. The maximum absolute atomic E-state index is 12.9. The zero-order valence-corrected chi connectivity index (χ0v) is 15.7. The highest BCUT2D eigenvalue weighted by Gasteiger charge is 2.14. The predicted molar refractivity (Wildman–Crippen MR) is 104 cm³/mol. The van der Waals surface area contributed by atoms with Gasteiger partial charge in [-0.05, 0) is 35.9 Å². The minimum absolute atomic E-state index is 0.0396. The number of hydrogen-bond donors (Lipinski definition) is 1. The zero-order valence-electron chi connectivity index (χ0n) is 15.7. The van der Waals surface area contributed by atoms with E-state index in [9.17, 15) is 19.2 Å². The van der Waals surface area contributed by atoms with Crippen LogP contribution in [0.2, 0.25) is 0 Å². The van der Waals surface area contributed by atoms with Crippen molar-refractivity contribution in [2.45, 2.75) is 6.54 Å². The monoisotopic (exact) mass is 381 g/mol. The van der Waals surface area contributed by atoms with Crippen LogP contribution in [0.15, 0.2) is 52.1 Å². The third-order valence-corrected chi connectivity index (χ3v) is 4.56. The van der Waals surface area contributed by atoms with Crippen LogP contribution in [-0.4, -0.2) is 35.2 Å². The molecule has 8 heteroatoms. The fraction of sp³-hybridized carbons (Fsp3) is 0.200. The normalized spacial score (nSPS) is 10.7. The molecule has 0 saturated heterocycles. The van der Waals surface area contributed by atoms with Gasteiger partial charge in [-0.2, -0.15) is 0 Å². The van der Waals surface area contributed by atoms with Crippen molar-refractivity contribution in [2.24, 2.45) is 7.05 Å². The first-order valence-corrected chi connectivity index (χ1v) is 8.50. The molecule has 2 aromatic carbocycles. The molecule has 0 bridgehead atoms. The van der Waals surface area contributed by atoms with E-state index in [-0.39, 0.29) is 23.4 Å². The molecule has 0 atom stereocenters. The van der Waals surface area contributed by atoms with Gasteiger partial charge in [-0.1, -0.05) is 12.1 Å². The SMILES string of the molecule is CNC(=O)c1ccc(Cn2c(=O)c3cc(C(=O)OC)ccc3n(C)c2=O)cc1. The highest BCUT2D eigenvalue weighted by molar-refractivity contribution is 5.94. The highest BCUT2D eigenvalue weighted by Crippen LogP contribution is 2.12. The number of aromatic nitrogens is 2. The molecule has 0 saturated carbocycles. The van der Waals surface area contributed by atoms with Crippen molar-refractivity contribution in [2.75, 3.05) is 14.2 Å². The minimum Gasteiger partial charge on any atom is -0.465 e. The molecule has 1 heterocycles. The Morgan fingerprint density at radius 2 is 1.68 bits per heavy atom. The van der Waals surface area contributed by atoms with Crippen molar-refractivity contribution in [3.8, 4) is 0 Å². The van der Waals surface area contributed by atoms with Gasteiger partial charge in [-0.25, -0.2) is 9.59 Å². The Kier molecular flexibility index (Phi) is 5.12. The number of fused-ring (bicyclic) bond motifs is 1. The van der Waals surface area contributed by atoms with Gasteiger partial charge in [0.05, 0.1) is 30.1 Å². The summed E-state index contributed by atoms with van der Waals surface area (Å²) in [5.41, 5.74) is 0.849. The molecule has 3 rings (SSSR count). The molecule has 0 fully saturated rings. The zero-order chi connectivity index (χ0) is 20.4. The van der Waals surface area contributed by atoms with Gasteiger partial charge in [0, 0.05) is 19.7 Å². The Morgan fingerprint density at radius 3 is 2.29 bits per heavy atom. The predicted octanol–water partition coefficient (Wildman–Crippen LogP) is 0.895. The third-order valence-electron chi connectivity index (χ3n) is 4.56. The lowest BCUT2D eigenvalue weighted by Gasteiger charge is -2.12. The first-order valence-electron chi connectivity index (χ1n) is 8.50. The number of amides is 1. The molecule has 3 aromatic rings. The Balaban J connectivity index is 2.10. The summed E-state index contributed by atoms with van der Waals surface area (Å²) in [5.74, 6) is -0.785. The van der Waals surface area contributed by atoms with Crippen molar-refractivity contribution in [3.05, 3.63) is 80.0 Å². The molecule has 8 nitrogen and oxygen atoms in total. The number of carbonyl (C=O) groups excluding carboxylic acids is 2. The van der Waals surface area contributed by atoms with E-state index in [1.54, 1.807) is 37.4 Å². The molecular formula is C20H19N3O5. The van der Waals surface area contributed by atoms with Crippen molar-refractivity contribution < 1.29 is 14.3 Å². The topological polar surface area (TPSA) is 99.4 Å². The van der Waals surface area contributed by atoms with Gasteiger partial charge in [-0.15, -0.1) is 0 Å². The number of nitrogens with zero attached hydrogens (tertiary/aromatic N) is 2. The fourth-order valence-corrected chi connectivity index (χ4v) is 2.99. The summed E-state index contributed by atoms with van der Waals surface area (Å²) < 4.78 is 7.15. The second kappa shape index (κ2) is 7.51. The van der Waals surface area contributed by atoms with Crippen molar-refractivity contribution in [1.82, 2.24) is 14.5 Å². The average molecular weight is 381 g/mol. The molecule has 0 aliphatic carbocycles. The lowest BCUT2D eigenvalue weighted by Crippen LogP contribution is -2.39. The number of esters is 1. The Labute approximate surface area is 160 Å². The second-order valence-electron chi connectivity index (χ2n) is 6.23. The number of aryl methyl sites for hydroxylation is 1. The van der Waals surface area contributed by atoms with Crippen LogP contribution in [0.3, 0.4) is 0 Å². The van der Waals surface area contributed by atoms with Crippen LogP contribution >= 0.6 is 0 Å². The van der Waals surface area contributed by atoms with Gasteiger partial charge in [0.25, 0.3) is 11.5 Å². The van der Waals surface area contributed by atoms with Gasteiger partial charge in [-0.3, -0.25) is 18.7 Å². The molecule has 28 heavy (non-hydrogen) atoms. The van der Waals surface area contributed by atoms with Crippen LogP contribution in [0, 0.1) is 0 Å². The molecule has 144 valence electrons. The highest BCUT2D eigenvalue weighted by atomic mass is 16.5. The van der Waals surface area contributed by atoms with Crippen LogP contribution in [0.4, 0.5) is 0 Å². The molecule has 0 unspecified atom stereocenters. The summed E-state index contributed by atoms with van der Waals surface area (Å²) in [6.45, 7) is 0.0396. The molecule has 1 aromatic heterocycles. The molecule has 0 aliphatic rings. The number of methoxy groups -OCH3 is 1. The number of carbonyl (C=O) groups is 2. The van der Waals surface area contributed by atoms with E-state index < -0.39 is 17.2 Å². The summed E-state index contributed by atoms with van der Waals surface area (Å²) in [6, 6.07) is 11.1. The Hall–Kier alpha value is -3.68. The number of hydrogen-bond acceptors (Lipinski definition) is 5. The first kappa shape index (κ1) is 19.1. The van der Waals surface area contributed by atoms with E-state index in [1.165, 1.54) is 30.9 Å². The quantitative estimate of drug-likeness (QED) is 0.677. The number of rotatable bonds is 4. The number of nitrogens with one attached hydrogen (secondary N) is 1. The number of ether oxygens (including phenoxy) is 1.